The third-order valence-electron chi connectivity index (χ3n) is 5.72. The van der Waals surface area contributed by atoms with E-state index >= 15 is 0 Å². The van der Waals surface area contributed by atoms with Crippen LogP contribution in [0.25, 0.3) is 0 Å². The highest BCUT2D eigenvalue weighted by atomic mass is 35.5. The minimum Gasteiger partial charge on any atom is -0.506 e. The van der Waals surface area contributed by atoms with Gasteiger partial charge in [-0.05, 0) is 49.5 Å². The van der Waals surface area contributed by atoms with Gasteiger partial charge in [0.05, 0.1) is 11.4 Å². The number of hydrogen-bond acceptors (Lipinski definition) is 4. The molecule has 2 N–H and O–H groups in total. The molecule has 0 radical (unpaired) electrons. The third kappa shape index (κ3) is 4.90. The first-order chi connectivity index (χ1) is 12.6. The molecular formula is C20H29ClN2O3. The van der Waals surface area contributed by atoms with Crippen molar-refractivity contribution in [2.24, 2.45) is 11.8 Å². The molecule has 0 spiro atoms. The summed E-state index contributed by atoms with van der Waals surface area (Å²) in [7, 11) is 0. The molecule has 0 saturated carbocycles. The summed E-state index contributed by atoms with van der Waals surface area (Å²) in [4.78, 5) is 17.1. The van der Waals surface area contributed by atoms with E-state index in [2.05, 4.69) is 4.90 Å². The van der Waals surface area contributed by atoms with Gasteiger partial charge in [-0.1, -0.05) is 30.5 Å². The molecule has 2 heterocycles. The van der Waals surface area contributed by atoms with Crippen LogP contribution in [-0.2, 0) is 11.2 Å². The topological polar surface area (TPSA) is 64.0 Å². The number of phenolic OH excluding ortho intramolecular Hbond substituents is 1. The maximum atomic E-state index is 12.7. The number of phenols is 1. The molecule has 1 aromatic carbocycles. The Labute approximate surface area is 160 Å². The van der Waals surface area contributed by atoms with Crippen molar-refractivity contribution in [3.05, 3.63) is 28.8 Å². The highest BCUT2D eigenvalue weighted by molar-refractivity contribution is 6.32. The Kier molecular flexibility index (Phi) is 6.79. The number of aromatic hydroxyl groups is 1. The molecule has 2 aliphatic heterocycles. The molecule has 0 aliphatic carbocycles. The maximum Gasteiger partial charge on any atom is 0.227 e. The first-order valence-corrected chi connectivity index (χ1v) is 10.0. The summed E-state index contributed by atoms with van der Waals surface area (Å²) < 4.78 is 0. The second-order valence-corrected chi connectivity index (χ2v) is 8.09. The number of aliphatic hydroxyl groups excluding tert-OH is 1. The quantitative estimate of drug-likeness (QED) is 0.823. The first-order valence-electron chi connectivity index (χ1n) is 9.65. The molecule has 1 aromatic rings. The molecule has 0 aromatic heterocycles. The third-order valence-corrected chi connectivity index (χ3v) is 6.03. The summed E-state index contributed by atoms with van der Waals surface area (Å²) in [5.41, 5.74) is 0.800. The zero-order chi connectivity index (χ0) is 18.5. The normalized spacial score (nSPS) is 24.6. The van der Waals surface area contributed by atoms with Gasteiger partial charge in [0.25, 0.3) is 0 Å². The number of carbonyl (C=O) groups is 1. The van der Waals surface area contributed by atoms with Gasteiger partial charge in [-0.2, -0.15) is 0 Å². The lowest BCUT2D eigenvalue weighted by molar-refractivity contribution is -0.129. The van der Waals surface area contributed by atoms with Gasteiger partial charge in [0.1, 0.15) is 5.75 Å². The first kappa shape index (κ1) is 19.5. The van der Waals surface area contributed by atoms with Crippen molar-refractivity contribution in [2.45, 2.75) is 32.1 Å². The van der Waals surface area contributed by atoms with Crippen LogP contribution in [0.1, 0.15) is 31.2 Å². The van der Waals surface area contributed by atoms with Crippen LogP contribution in [0.4, 0.5) is 0 Å². The van der Waals surface area contributed by atoms with Gasteiger partial charge in [0.15, 0.2) is 0 Å². The lowest BCUT2D eigenvalue weighted by Crippen LogP contribution is -2.35. The Bertz CT molecular complexity index is 617. The minimum atomic E-state index is 0.0295. The highest BCUT2D eigenvalue weighted by Crippen LogP contribution is 2.27. The van der Waals surface area contributed by atoms with E-state index in [1.807, 2.05) is 4.90 Å². The van der Waals surface area contributed by atoms with Crippen LogP contribution in [0.15, 0.2) is 18.2 Å². The van der Waals surface area contributed by atoms with Gasteiger partial charge in [-0.15, -0.1) is 0 Å². The van der Waals surface area contributed by atoms with Gasteiger partial charge in [0, 0.05) is 32.2 Å². The standard InChI is InChI=1S/C20H29ClN2O3/c21-18-9-15(5-6-19(18)25)10-20(26)23-12-16(17(13-23)14-24)11-22-7-3-1-2-4-8-22/h5-6,9,16-17,24-25H,1-4,7-8,10-14H2/t16-,17-/m1/s1. The Morgan fingerprint density at radius 1 is 1.12 bits per heavy atom. The number of halogens is 1. The molecule has 2 fully saturated rings. The van der Waals surface area contributed by atoms with Crippen LogP contribution in [-0.4, -0.2) is 65.3 Å². The molecule has 6 heteroatoms. The van der Waals surface area contributed by atoms with E-state index in [9.17, 15) is 15.0 Å². The molecule has 3 rings (SSSR count). The number of nitrogens with zero attached hydrogens (tertiary/aromatic N) is 2. The predicted molar refractivity (Wildman–Crippen MR) is 102 cm³/mol. The second-order valence-electron chi connectivity index (χ2n) is 7.68. The van der Waals surface area contributed by atoms with Gasteiger partial charge in [-0.25, -0.2) is 0 Å². The highest BCUT2D eigenvalue weighted by Gasteiger charge is 2.35. The van der Waals surface area contributed by atoms with E-state index < -0.39 is 0 Å². The molecule has 2 aliphatic rings. The predicted octanol–water partition coefficient (Wildman–Crippen LogP) is 2.53. The van der Waals surface area contributed by atoms with Crippen LogP contribution >= 0.6 is 11.6 Å². The molecule has 2 saturated heterocycles. The summed E-state index contributed by atoms with van der Waals surface area (Å²) in [5.74, 6) is 0.585. The van der Waals surface area contributed by atoms with Crippen LogP contribution in [0, 0.1) is 11.8 Å². The van der Waals surface area contributed by atoms with Gasteiger partial charge >= 0.3 is 0 Å². The van der Waals surface area contributed by atoms with Crippen molar-refractivity contribution < 1.29 is 15.0 Å². The lowest BCUT2D eigenvalue weighted by Gasteiger charge is -2.26. The molecule has 2 atom stereocenters. The average molecular weight is 381 g/mol. The fraction of sp³-hybridized carbons (Fsp3) is 0.650. The van der Waals surface area contributed by atoms with Gasteiger partial charge in [-0.3, -0.25) is 4.79 Å². The molecule has 26 heavy (non-hydrogen) atoms. The molecular weight excluding hydrogens is 352 g/mol. The molecule has 5 nitrogen and oxygen atoms in total. The maximum absolute atomic E-state index is 12.7. The van der Waals surface area contributed by atoms with Crippen molar-refractivity contribution in [2.75, 3.05) is 39.3 Å². The van der Waals surface area contributed by atoms with Gasteiger partial charge in [0.2, 0.25) is 5.91 Å². The number of aliphatic hydroxyl groups is 1. The summed E-state index contributed by atoms with van der Waals surface area (Å²) in [6.45, 7) is 4.71. The van der Waals surface area contributed by atoms with Crippen molar-refractivity contribution in [3.63, 3.8) is 0 Å². The minimum absolute atomic E-state index is 0.0295. The summed E-state index contributed by atoms with van der Waals surface area (Å²) >= 11 is 5.93. The Balaban J connectivity index is 1.58. The number of likely N-dealkylation sites (tertiary alicyclic amines) is 2. The average Bonchev–Trinajstić information content (AvgIpc) is 2.85. The molecule has 1 amide bonds. The van der Waals surface area contributed by atoms with Crippen LogP contribution in [0.5, 0.6) is 5.75 Å². The van der Waals surface area contributed by atoms with E-state index in [0.717, 1.165) is 25.2 Å². The van der Waals surface area contributed by atoms with E-state index in [0.29, 0.717) is 19.0 Å². The number of hydrogen-bond donors (Lipinski definition) is 2. The van der Waals surface area contributed by atoms with Crippen LogP contribution < -0.4 is 0 Å². The fourth-order valence-corrected chi connectivity index (χ4v) is 4.36. The number of rotatable bonds is 5. The summed E-state index contributed by atoms with van der Waals surface area (Å²) in [5, 5.41) is 19.6. The van der Waals surface area contributed by atoms with Crippen molar-refractivity contribution in [3.8, 4) is 5.75 Å². The Hall–Kier alpha value is -1.30. The van der Waals surface area contributed by atoms with Crippen molar-refractivity contribution in [1.82, 2.24) is 9.80 Å². The van der Waals surface area contributed by atoms with E-state index in [4.69, 9.17) is 11.6 Å². The zero-order valence-corrected chi connectivity index (χ0v) is 16.0. The number of carbonyl (C=O) groups excluding carboxylic acids is 1. The Morgan fingerprint density at radius 2 is 1.81 bits per heavy atom. The van der Waals surface area contributed by atoms with Crippen molar-refractivity contribution in [1.29, 1.82) is 0 Å². The van der Waals surface area contributed by atoms with Crippen LogP contribution in [0.2, 0.25) is 5.02 Å². The molecule has 144 valence electrons. The monoisotopic (exact) mass is 380 g/mol. The molecule has 0 bridgehead atoms. The largest absolute Gasteiger partial charge is 0.506 e. The second kappa shape index (κ2) is 9.07. The van der Waals surface area contributed by atoms with E-state index in [-0.39, 0.29) is 35.6 Å². The molecule has 0 unspecified atom stereocenters. The summed E-state index contributed by atoms with van der Waals surface area (Å²) in [6.07, 6.45) is 5.39. The van der Waals surface area contributed by atoms with Crippen LogP contribution in [0.3, 0.4) is 0 Å². The summed E-state index contributed by atoms with van der Waals surface area (Å²) in [6, 6.07) is 4.89. The lowest BCUT2D eigenvalue weighted by atomic mass is 9.96. The number of benzene rings is 1. The van der Waals surface area contributed by atoms with Gasteiger partial charge < -0.3 is 20.0 Å². The van der Waals surface area contributed by atoms with E-state index in [1.165, 1.54) is 31.7 Å². The van der Waals surface area contributed by atoms with Crippen molar-refractivity contribution >= 4 is 17.5 Å². The Morgan fingerprint density at radius 3 is 2.46 bits per heavy atom. The SMILES string of the molecule is O=C(Cc1ccc(O)c(Cl)c1)N1C[C@@H](CN2CCCCCC2)[C@@H](CO)C1. The smallest absolute Gasteiger partial charge is 0.227 e. The fourth-order valence-electron chi connectivity index (χ4n) is 4.15. The number of amides is 1. The van der Waals surface area contributed by atoms with E-state index in [1.54, 1.807) is 12.1 Å². The zero-order valence-electron chi connectivity index (χ0n) is 15.2.